The van der Waals surface area contributed by atoms with Crippen LogP contribution in [0, 0.1) is 6.92 Å². The molecule has 3 rings (SSSR count). The monoisotopic (exact) mass is 354 g/mol. The molecule has 0 unspecified atom stereocenters. The largest absolute Gasteiger partial charge is 0.487 e. The number of hydrogen-bond donors (Lipinski definition) is 1. The maximum absolute atomic E-state index is 13.3. The summed E-state index contributed by atoms with van der Waals surface area (Å²) in [7, 11) is 0. The van der Waals surface area contributed by atoms with Gasteiger partial charge in [-0.25, -0.2) is 9.37 Å². The number of rotatable bonds is 6. The van der Waals surface area contributed by atoms with E-state index in [0.717, 1.165) is 21.8 Å². The Kier molecular flexibility index (Phi) is 5.58. The molecule has 0 bridgehead atoms. The van der Waals surface area contributed by atoms with Gasteiger partial charge in [0.1, 0.15) is 23.2 Å². The summed E-state index contributed by atoms with van der Waals surface area (Å²) in [5.41, 5.74) is 9.57. The fourth-order valence-corrected chi connectivity index (χ4v) is 3.13. The lowest BCUT2D eigenvalue weighted by atomic mass is 10.1. The first kappa shape index (κ1) is 17.3. The lowest BCUT2D eigenvalue weighted by molar-refractivity contribution is 0.318. The lowest BCUT2D eigenvalue weighted by Crippen LogP contribution is -2.01. The SMILES string of the molecule is Cc1ccc(-c2csc(-c3ccc(OC/C(F)=C\CN)cc3)n2)cc1. The summed E-state index contributed by atoms with van der Waals surface area (Å²) in [6.07, 6.45) is 1.30. The molecule has 2 aromatic carbocycles. The Hall–Kier alpha value is -2.50. The number of benzene rings is 2. The smallest absolute Gasteiger partial charge is 0.139 e. The molecule has 0 spiro atoms. The van der Waals surface area contributed by atoms with Gasteiger partial charge in [-0.05, 0) is 37.3 Å². The van der Waals surface area contributed by atoms with E-state index in [1.54, 1.807) is 11.3 Å². The molecule has 5 heteroatoms. The van der Waals surface area contributed by atoms with E-state index in [1.165, 1.54) is 11.6 Å². The van der Waals surface area contributed by atoms with Crippen molar-refractivity contribution < 1.29 is 9.13 Å². The molecule has 25 heavy (non-hydrogen) atoms. The van der Waals surface area contributed by atoms with Gasteiger partial charge in [-0.15, -0.1) is 11.3 Å². The van der Waals surface area contributed by atoms with E-state index in [2.05, 4.69) is 36.6 Å². The fraction of sp³-hybridized carbons (Fsp3) is 0.150. The first-order valence-electron chi connectivity index (χ1n) is 7.96. The Morgan fingerprint density at radius 1 is 1.12 bits per heavy atom. The quantitative estimate of drug-likeness (QED) is 0.679. The van der Waals surface area contributed by atoms with Crippen LogP contribution in [0.25, 0.3) is 21.8 Å². The average Bonchev–Trinajstić information content (AvgIpc) is 3.11. The molecule has 0 saturated heterocycles. The van der Waals surface area contributed by atoms with Crippen LogP contribution < -0.4 is 10.5 Å². The zero-order valence-electron chi connectivity index (χ0n) is 13.9. The van der Waals surface area contributed by atoms with Gasteiger partial charge >= 0.3 is 0 Å². The zero-order valence-corrected chi connectivity index (χ0v) is 14.7. The van der Waals surface area contributed by atoms with Gasteiger partial charge in [-0.1, -0.05) is 29.8 Å². The van der Waals surface area contributed by atoms with Crippen molar-refractivity contribution in [1.29, 1.82) is 0 Å². The molecule has 0 radical (unpaired) electrons. The number of hydrogen-bond acceptors (Lipinski definition) is 4. The molecule has 128 valence electrons. The summed E-state index contributed by atoms with van der Waals surface area (Å²) in [6.45, 7) is 2.13. The van der Waals surface area contributed by atoms with Crippen molar-refractivity contribution in [2.24, 2.45) is 5.73 Å². The van der Waals surface area contributed by atoms with Crippen LogP contribution in [0.1, 0.15) is 5.56 Å². The van der Waals surface area contributed by atoms with E-state index < -0.39 is 0 Å². The van der Waals surface area contributed by atoms with Crippen molar-refractivity contribution in [2.45, 2.75) is 6.92 Å². The molecule has 0 atom stereocenters. The van der Waals surface area contributed by atoms with Crippen LogP contribution in [0.4, 0.5) is 4.39 Å². The molecular weight excluding hydrogens is 335 g/mol. The van der Waals surface area contributed by atoms with Crippen LogP contribution in [-0.2, 0) is 0 Å². The second-order valence-electron chi connectivity index (χ2n) is 5.60. The summed E-state index contributed by atoms with van der Waals surface area (Å²) in [4.78, 5) is 4.70. The minimum absolute atomic E-state index is 0.106. The topological polar surface area (TPSA) is 48.1 Å². The van der Waals surface area contributed by atoms with Crippen LogP contribution in [0.5, 0.6) is 5.75 Å². The molecule has 0 saturated carbocycles. The summed E-state index contributed by atoms with van der Waals surface area (Å²) in [5.74, 6) is 0.244. The Balaban J connectivity index is 1.70. The highest BCUT2D eigenvalue weighted by atomic mass is 32.1. The minimum atomic E-state index is -0.366. The van der Waals surface area contributed by atoms with Gasteiger partial charge in [0.2, 0.25) is 0 Å². The molecule has 3 aromatic rings. The number of nitrogens with two attached hydrogens (primary N) is 1. The predicted octanol–water partition coefficient (Wildman–Crippen LogP) is 4.98. The van der Waals surface area contributed by atoms with E-state index in [-0.39, 0.29) is 19.0 Å². The van der Waals surface area contributed by atoms with Gasteiger partial charge in [0.15, 0.2) is 0 Å². The number of nitrogens with zero attached hydrogens (tertiary/aromatic N) is 1. The number of halogens is 1. The third kappa shape index (κ3) is 4.53. The summed E-state index contributed by atoms with van der Waals surface area (Å²) in [6, 6.07) is 15.8. The molecule has 1 heterocycles. The molecule has 0 fully saturated rings. The average molecular weight is 354 g/mol. The van der Waals surface area contributed by atoms with Crippen molar-refractivity contribution in [3.63, 3.8) is 0 Å². The normalized spacial score (nSPS) is 11.6. The molecular formula is C20H19FN2OS. The number of aromatic nitrogens is 1. The van der Waals surface area contributed by atoms with Crippen LogP contribution in [0.3, 0.4) is 0 Å². The van der Waals surface area contributed by atoms with Gasteiger partial charge in [0.05, 0.1) is 5.69 Å². The Morgan fingerprint density at radius 3 is 2.48 bits per heavy atom. The Labute approximate surface area is 150 Å². The predicted molar refractivity (Wildman–Crippen MR) is 101 cm³/mol. The molecule has 0 aliphatic rings. The molecule has 0 amide bonds. The number of thiazole rings is 1. The zero-order chi connectivity index (χ0) is 17.6. The van der Waals surface area contributed by atoms with E-state index in [4.69, 9.17) is 15.5 Å². The number of ether oxygens (including phenoxy) is 1. The molecule has 0 aliphatic heterocycles. The van der Waals surface area contributed by atoms with Crippen LogP contribution in [0.2, 0.25) is 0 Å². The van der Waals surface area contributed by atoms with Crippen molar-refractivity contribution in [3.8, 4) is 27.6 Å². The Bertz CT molecular complexity index is 854. The van der Waals surface area contributed by atoms with Crippen molar-refractivity contribution in [1.82, 2.24) is 4.98 Å². The molecule has 2 N–H and O–H groups in total. The van der Waals surface area contributed by atoms with Gasteiger partial charge in [-0.3, -0.25) is 0 Å². The molecule has 3 nitrogen and oxygen atoms in total. The van der Waals surface area contributed by atoms with E-state index in [9.17, 15) is 4.39 Å². The Morgan fingerprint density at radius 2 is 1.80 bits per heavy atom. The van der Waals surface area contributed by atoms with Gasteiger partial charge < -0.3 is 10.5 Å². The van der Waals surface area contributed by atoms with Crippen molar-refractivity contribution in [2.75, 3.05) is 13.2 Å². The molecule has 0 aliphatic carbocycles. The first-order valence-corrected chi connectivity index (χ1v) is 8.84. The van der Waals surface area contributed by atoms with Crippen LogP contribution in [-0.4, -0.2) is 18.1 Å². The number of aryl methyl sites for hydroxylation is 1. The second-order valence-corrected chi connectivity index (χ2v) is 6.46. The van der Waals surface area contributed by atoms with Crippen LogP contribution in [0.15, 0.2) is 65.8 Å². The van der Waals surface area contributed by atoms with E-state index in [0.29, 0.717) is 5.75 Å². The summed E-state index contributed by atoms with van der Waals surface area (Å²) in [5, 5.41) is 2.99. The lowest BCUT2D eigenvalue weighted by Gasteiger charge is -2.05. The molecule has 1 aromatic heterocycles. The van der Waals surface area contributed by atoms with Crippen molar-refractivity contribution >= 4 is 11.3 Å². The van der Waals surface area contributed by atoms with Gasteiger partial charge in [-0.2, -0.15) is 0 Å². The van der Waals surface area contributed by atoms with E-state index >= 15 is 0 Å². The highest BCUT2D eigenvalue weighted by Gasteiger charge is 2.07. The van der Waals surface area contributed by atoms with Crippen LogP contribution >= 0.6 is 11.3 Å². The second kappa shape index (κ2) is 8.05. The maximum Gasteiger partial charge on any atom is 0.139 e. The van der Waals surface area contributed by atoms with Gasteiger partial charge in [0.25, 0.3) is 0 Å². The highest BCUT2D eigenvalue weighted by molar-refractivity contribution is 7.13. The van der Waals surface area contributed by atoms with E-state index in [1.807, 2.05) is 24.3 Å². The maximum atomic E-state index is 13.3. The third-order valence-corrected chi connectivity index (χ3v) is 4.56. The first-order chi connectivity index (χ1) is 12.2. The fourth-order valence-electron chi connectivity index (χ4n) is 2.30. The minimum Gasteiger partial charge on any atom is -0.487 e. The summed E-state index contributed by atoms with van der Waals surface area (Å²) < 4.78 is 18.7. The third-order valence-electron chi connectivity index (χ3n) is 3.67. The van der Waals surface area contributed by atoms with Crippen molar-refractivity contribution in [3.05, 3.63) is 71.4 Å². The highest BCUT2D eigenvalue weighted by Crippen LogP contribution is 2.30. The standard InChI is InChI=1S/C20H19FN2OS/c1-14-2-4-15(5-3-14)19-13-25-20(23-19)16-6-8-18(9-7-16)24-12-17(21)10-11-22/h2-10,13H,11-12,22H2,1H3/b17-10+. The summed E-state index contributed by atoms with van der Waals surface area (Å²) >= 11 is 1.60. The van der Waals surface area contributed by atoms with Gasteiger partial charge in [0, 0.05) is 23.1 Å².